The number of ether oxygens (including phenoxy) is 1. The van der Waals surface area contributed by atoms with Crippen molar-refractivity contribution in [3.63, 3.8) is 0 Å². The minimum Gasteiger partial charge on any atom is -1.00 e. The summed E-state index contributed by atoms with van der Waals surface area (Å²) in [6.45, 7) is -0.353. The third-order valence-corrected chi connectivity index (χ3v) is 2.09. The van der Waals surface area contributed by atoms with E-state index in [1.54, 1.807) is 17.9 Å². The molecular formula is C11H11ClN2O3. The molecule has 1 aromatic carbocycles. The van der Waals surface area contributed by atoms with E-state index < -0.39 is 5.97 Å². The number of aliphatic carboxylic acids is 1. The molecule has 0 aliphatic carbocycles. The molecule has 0 saturated carbocycles. The van der Waals surface area contributed by atoms with E-state index in [1.165, 1.54) is 0 Å². The van der Waals surface area contributed by atoms with Gasteiger partial charge in [0.15, 0.2) is 19.4 Å². The summed E-state index contributed by atoms with van der Waals surface area (Å²) in [5.41, 5.74) is 0.771. The number of nitrogens with zero attached hydrogens (tertiary/aromatic N) is 2. The monoisotopic (exact) mass is 254 g/mol. The highest BCUT2D eigenvalue weighted by Crippen LogP contribution is 2.21. The Kier molecular flexibility index (Phi) is 4.23. The molecule has 0 aliphatic heterocycles. The summed E-state index contributed by atoms with van der Waals surface area (Å²) in [5.74, 6) is -0.473. The van der Waals surface area contributed by atoms with Crippen molar-refractivity contribution in [2.75, 3.05) is 6.61 Å². The largest absolute Gasteiger partial charge is 1.00 e. The van der Waals surface area contributed by atoms with Crippen molar-refractivity contribution in [1.29, 1.82) is 0 Å². The van der Waals surface area contributed by atoms with E-state index in [2.05, 4.69) is 5.10 Å². The molecule has 6 heteroatoms. The molecule has 0 saturated heterocycles. The average Bonchev–Trinajstić information content (AvgIpc) is 2.25. The van der Waals surface area contributed by atoms with Gasteiger partial charge in [0.05, 0.1) is 5.39 Å². The van der Waals surface area contributed by atoms with Gasteiger partial charge >= 0.3 is 5.97 Å². The Labute approximate surface area is 104 Å². The van der Waals surface area contributed by atoms with Crippen LogP contribution >= 0.6 is 0 Å². The van der Waals surface area contributed by atoms with Gasteiger partial charge in [-0.1, -0.05) is 16.8 Å². The molecule has 0 bridgehead atoms. The number of aryl methyl sites for hydroxylation is 1. The van der Waals surface area contributed by atoms with E-state index in [0.29, 0.717) is 5.75 Å². The first kappa shape index (κ1) is 13.2. The van der Waals surface area contributed by atoms with Gasteiger partial charge in [-0.15, -0.1) is 0 Å². The lowest BCUT2D eigenvalue weighted by Crippen LogP contribution is -3.00. The minimum atomic E-state index is -0.997. The molecule has 1 N–H and O–H groups in total. The van der Waals surface area contributed by atoms with Gasteiger partial charge < -0.3 is 22.3 Å². The van der Waals surface area contributed by atoms with Crippen LogP contribution in [0.15, 0.2) is 30.5 Å². The molecule has 0 amide bonds. The van der Waals surface area contributed by atoms with E-state index >= 15 is 0 Å². The normalized spacial score (nSPS) is 9.71. The maximum absolute atomic E-state index is 10.4. The van der Waals surface area contributed by atoms with Crippen LogP contribution in [0.4, 0.5) is 0 Å². The lowest BCUT2D eigenvalue weighted by Gasteiger charge is -2.03. The highest BCUT2D eigenvalue weighted by Gasteiger charge is 2.10. The molecule has 1 aromatic heterocycles. The predicted octanol–water partition coefficient (Wildman–Crippen LogP) is -2.47. The Hall–Kier alpha value is -1.88. The SMILES string of the molecule is C[n+]1cc(OCC(=O)O)c2ccccc2n1.[Cl-]. The average molecular weight is 255 g/mol. The van der Waals surface area contributed by atoms with Crippen molar-refractivity contribution >= 4 is 16.9 Å². The van der Waals surface area contributed by atoms with Crippen molar-refractivity contribution in [3.8, 4) is 5.75 Å². The van der Waals surface area contributed by atoms with Gasteiger partial charge in [-0.2, -0.15) is 0 Å². The number of carboxylic acids is 1. The first-order valence-corrected chi connectivity index (χ1v) is 4.77. The second-order valence-corrected chi connectivity index (χ2v) is 3.37. The summed E-state index contributed by atoms with van der Waals surface area (Å²) >= 11 is 0. The molecular weight excluding hydrogens is 244 g/mol. The summed E-state index contributed by atoms with van der Waals surface area (Å²) in [5, 5.41) is 13.6. The van der Waals surface area contributed by atoms with Crippen LogP contribution in [0.1, 0.15) is 0 Å². The molecule has 0 unspecified atom stereocenters. The van der Waals surface area contributed by atoms with Gasteiger partial charge in [-0.3, -0.25) is 0 Å². The number of rotatable bonds is 3. The third kappa shape index (κ3) is 3.04. The second-order valence-electron chi connectivity index (χ2n) is 3.37. The number of carboxylic acid groups (broad SMARTS) is 1. The molecule has 0 spiro atoms. The maximum atomic E-state index is 10.4. The van der Waals surface area contributed by atoms with Crippen LogP contribution in [0.25, 0.3) is 10.9 Å². The van der Waals surface area contributed by atoms with Crippen molar-refractivity contribution in [2.45, 2.75) is 0 Å². The number of hydrogen-bond donors (Lipinski definition) is 1. The van der Waals surface area contributed by atoms with Crippen molar-refractivity contribution in [2.24, 2.45) is 7.05 Å². The highest BCUT2D eigenvalue weighted by molar-refractivity contribution is 5.83. The van der Waals surface area contributed by atoms with Gasteiger partial charge in [0.2, 0.25) is 6.20 Å². The molecule has 17 heavy (non-hydrogen) atoms. The molecule has 0 aliphatic rings. The van der Waals surface area contributed by atoms with E-state index in [-0.39, 0.29) is 19.0 Å². The quantitative estimate of drug-likeness (QED) is 0.617. The summed E-state index contributed by atoms with van der Waals surface area (Å²) in [4.78, 5) is 10.4. The molecule has 1 heterocycles. The lowest BCUT2D eigenvalue weighted by molar-refractivity contribution is -0.728. The maximum Gasteiger partial charge on any atom is 0.341 e. The van der Waals surface area contributed by atoms with E-state index in [9.17, 15) is 4.79 Å². The summed E-state index contributed by atoms with van der Waals surface area (Å²) in [6, 6.07) is 7.43. The zero-order valence-corrected chi connectivity index (χ0v) is 9.89. The van der Waals surface area contributed by atoms with Gasteiger partial charge in [-0.05, 0) is 12.1 Å². The first-order valence-electron chi connectivity index (χ1n) is 4.77. The number of carbonyl (C=O) groups is 1. The van der Waals surface area contributed by atoms with Crippen molar-refractivity contribution < 1.29 is 31.7 Å². The topological polar surface area (TPSA) is 63.3 Å². The minimum absolute atomic E-state index is 0. The van der Waals surface area contributed by atoms with E-state index in [1.807, 2.05) is 24.3 Å². The molecule has 0 atom stereocenters. The van der Waals surface area contributed by atoms with Crippen LogP contribution in [-0.4, -0.2) is 22.8 Å². The van der Waals surface area contributed by atoms with Crippen LogP contribution in [-0.2, 0) is 11.8 Å². The van der Waals surface area contributed by atoms with Crippen LogP contribution in [0.3, 0.4) is 0 Å². The standard InChI is InChI=1S/C11H10N2O3.ClH/c1-13-6-10(16-7-11(14)15)8-4-2-3-5-9(8)12-13;/h2-6H,7H2,1H3;1H. The molecule has 2 rings (SSSR count). The number of aromatic nitrogens is 2. The van der Waals surface area contributed by atoms with Crippen molar-refractivity contribution in [3.05, 3.63) is 30.5 Å². The van der Waals surface area contributed by atoms with Gasteiger partial charge in [0.25, 0.3) is 0 Å². The highest BCUT2D eigenvalue weighted by atomic mass is 35.5. The number of fused-ring (bicyclic) bond motifs is 1. The Balaban J connectivity index is 0.00000144. The van der Waals surface area contributed by atoms with Gasteiger partial charge in [-0.25, -0.2) is 4.79 Å². The van der Waals surface area contributed by atoms with E-state index in [4.69, 9.17) is 9.84 Å². The molecule has 0 fully saturated rings. The van der Waals surface area contributed by atoms with Crippen molar-refractivity contribution in [1.82, 2.24) is 5.10 Å². The molecule has 0 radical (unpaired) electrons. The Morgan fingerprint density at radius 2 is 2.18 bits per heavy atom. The second kappa shape index (κ2) is 5.45. The summed E-state index contributed by atoms with van der Waals surface area (Å²) < 4.78 is 6.80. The number of benzene rings is 1. The van der Waals surface area contributed by atoms with Gasteiger partial charge in [0.1, 0.15) is 5.52 Å². The fraction of sp³-hybridized carbons (Fsp3) is 0.182. The Bertz CT molecular complexity index is 545. The van der Waals surface area contributed by atoms with Crippen LogP contribution in [0.2, 0.25) is 0 Å². The lowest BCUT2D eigenvalue weighted by atomic mass is 10.2. The zero-order chi connectivity index (χ0) is 11.5. The molecule has 5 nitrogen and oxygen atoms in total. The Morgan fingerprint density at radius 3 is 2.88 bits per heavy atom. The summed E-state index contributed by atoms with van der Waals surface area (Å²) in [6.07, 6.45) is 1.66. The van der Waals surface area contributed by atoms with Crippen LogP contribution in [0, 0.1) is 0 Å². The Morgan fingerprint density at radius 1 is 1.47 bits per heavy atom. The van der Waals surface area contributed by atoms with Gasteiger partial charge in [0, 0.05) is 5.10 Å². The number of halogens is 1. The fourth-order valence-electron chi connectivity index (χ4n) is 1.46. The number of hydrogen-bond acceptors (Lipinski definition) is 3. The summed E-state index contributed by atoms with van der Waals surface area (Å²) in [7, 11) is 1.76. The fourth-order valence-corrected chi connectivity index (χ4v) is 1.46. The third-order valence-electron chi connectivity index (χ3n) is 2.09. The van der Waals surface area contributed by atoms with Crippen LogP contribution < -0.4 is 21.8 Å². The zero-order valence-electron chi connectivity index (χ0n) is 9.13. The predicted molar refractivity (Wildman–Crippen MR) is 56.0 cm³/mol. The molecule has 90 valence electrons. The first-order chi connectivity index (χ1) is 7.66. The smallest absolute Gasteiger partial charge is 0.341 e. The van der Waals surface area contributed by atoms with Crippen LogP contribution in [0.5, 0.6) is 5.75 Å². The molecule has 2 aromatic rings. The van der Waals surface area contributed by atoms with E-state index in [0.717, 1.165) is 10.9 Å².